The van der Waals surface area contributed by atoms with Crippen molar-refractivity contribution in [1.82, 2.24) is 9.80 Å². The van der Waals surface area contributed by atoms with Crippen LogP contribution in [0.1, 0.15) is 27.5 Å². The van der Waals surface area contributed by atoms with E-state index in [1.807, 2.05) is 36.4 Å². The zero-order valence-electron chi connectivity index (χ0n) is 21.3. The van der Waals surface area contributed by atoms with Gasteiger partial charge in [-0.25, -0.2) is 0 Å². The Morgan fingerprint density at radius 2 is 1.62 bits per heavy atom. The first-order valence-electron chi connectivity index (χ1n) is 12.8. The zero-order chi connectivity index (χ0) is 27.5. The molecule has 3 aromatic carbocycles. The molecule has 0 unspecified atom stereocenters. The molecule has 0 radical (unpaired) electrons. The molecule has 2 N–H and O–H groups in total. The summed E-state index contributed by atoms with van der Waals surface area (Å²) in [4.78, 5) is 34.4. The Labute approximate surface area is 251 Å². The molecule has 10 heteroatoms. The number of benzene rings is 3. The van der Waals surface area contributed by atoms with E-state index in [1.54, 1.807) is 34.1 Å². The fraction of sp³-hybridized carbons (Fsp3) is 0.310. The second kappa shape index (κ2) is 12.4. The molecule has 1 fully saturated rings. The van der Waals surface area contributed by atoms with Crippen molar-refractivity contribution in [1.29, 1.82) is 0 Å². The number of amides is 2. The van der Waals surface area contributed by atoms with Crippen LogP contribution in [0.2, 0.25) is 10.0 Å². The summed E-state index contributed by atoms with van der Waals surface area (Å²) in [6.07, 6.45) is 0.471. The molecule has 0 aliphatic carbocycles. The largest absolute Gasteiger partial charge is 0.398 e. The summed E-state index contributed by atoms with van der Waals surface area (Å²) in [5, 5.41) is 1.12. The highest BCUT2D eigenvalue weighted by molar-refractivity contribution is 14.1. The lowest BCUT2D eigenvalue weighted by atomic mass is 10.0. The fourth-order valence-electron chi connectivity index (χ4n) is 5.12. The lowest BCUT2D eigenvalue weighted by Gasteiger charge is -2.33. The Kier molecular flexibility index (Phi) is 8.98. The third-order valence-electron chi connectivity index (χ3n) is 7.21. The number of carbonyl (C=O) groups is 2. The summed E-state index contributed by atoms with van der Waals surface area (Å²) >= 11 is 14.5. The Balaban J connectivity index is 1.55. The summed E-state index contributed by atoms with van der Waals surface area (Å²) in [5.74, 6) is -0.346. The van der Waals surface area contributed by atoms with Gasteiger partial charge in [-0.2, -0.15) is 0 Å². The van der Waals surface area contributed by atoms with Crippen LogP contribution in [0.25, 0.3) is 0 Å². The van der Waals surface area contributed by atoms with E-state index in [0.29, 0.717) is 71.8 Å². The molecule has 39 heavy (non-hydrogen) atoms. The van der Waals surface area contributed by atoms with Gasteiger partial charge in [0.15, 0.2) is 0 Å². The van der Waals surface area contributed by atoms with Gasteiger partial charge in [0, 0.05) is 52.0 Å². The van der Waals surface area contributed by atoms with Gasteiger partial charge in [0.05, 0.1) is 24.5 Å². The van der Waals surface area contributed by atoms with Gasteiger partial charge in [-0.15, -0.1) is 0 Å². The molecule has 1 atom stereocenters. The van der Waals surface area contributed by atoms with E-state index in [4.69, 9.17) is 33.7 Å². The average Bonchev–Trinajstić information content (AvgIpc) is 3.01. The number of nitrogen functional groups attached to an aromatic ring is 1. The summed E-state index contributed by atoms with van der Waals surface area (Å²) < 4.78 is 6.41. The lowest BCUT2D eigenvalue weighted by molar-refractivity contribution is -0.123. The first-order chi connectivity index (χ1) is 18.8. The molecule has 2 heterocycles. The van der Waals surface area contributed by atoms with E-state index in [2.05, 4.69) is 27.5 Å². The van der Waals surface area contributed by atoms with Crippen LogP contribution in [-0.2, 0) is 16.0 Å². The van der Waals surface area contributed by atoms with E-state index in [-0.39, 0.29) is 11.8 Å². The van der Waals surface area contributed by atoms with Crippen LogP contribution in [0.5, 0.6) is 0 Å². The van der Waals surface area contributed by atoms with Crippen molar-refractivity contribution in [2.75, 3.05) is 56.6 Å². The van der Waals surface area contributed by atoms with Crippen molar-refractivity contribution in [2.24, 2.45) is 0 Å². The molecule has 0 bridgehead atoms. The molecule has 2 amide bonds. The molecule has 2 aliphatic heterocycles. The third-order valence-corrected chi connectivity index (χ3v) is 8.37. The molecule has 2 aliphatic rings. The second-order valence-corrected chi connectivity index (χ2v) is 11.8. The van der Waals surface area contributed by atoms with E-state index >= 15 is 0 Å². The van der Waals surface area contributed by atoms with E-state index in [0.717, 1.165) is 22.2 Å². The maximum Gasteiger partial charge on any atom is 0.256 e. The van der Waals surface area contributed by atoms with Gasteiger partial charge in [-0.05, 0) is 82.6 Å². The van der Waals surface area contributed by atoms with Crippen LogP contribution in [0.4, 0.5) is 11.4 Å². The quantitative estimate of drug-likeness (QED) is 0.272. The third kappa shape index (κ3) is 6.36. The number of fused-ring (bicyclic) bond motifs is 1. The van der Waals surface area contributed by atoms with Crippen LogP contribution >= 0.6 is 45.8 Å². The van der Waals surface area contributed by atoms with E-state index in [1.165, 1.54) is 0 Å². The van der Waals surface area contributed by atoms with E-state index < -0.39 is 6.04 Å². The highest BCUT2D eigenvalue weighted by Crippen LogP contribution is 2.36. The number of hydrogen-bond donors (Lipinski definition) is 1. The number of rotatable bonds is 7. The number of morpholine rings is 1. The predicted molar refractivity (Wildman–Crippen MR) is 164 cm³/mol. The predicted octanol–water partition coefficient (Wildman–Crippen LogP) is 5.29. The maximum absolute atomic E-state index is 14.4. The zero-order valence-corrected chi connectivity index (χ0v) is 25.0. The molecule has 5 rings (SSSR count). The van der Waals surface area contributed by atoms with Crippen molar-refractivity contribution in [2.45, 2.75) is 12.5 Å². The van der Waals surface area contributed by atoms with E-state index in [9.17, 15) is 9.59 Å². The van der Waals surface area contributed by atoms with Crippen LogP contribution in [0, 0.1) is 3.57 Å². The summed E-state index contributed by atoms with van der Waals surface area (Å²) in [6, 6.07) is 17.4. The maximum atomic E-state index is 14.4. The Bertz CT molecular complexity index is 1370. The SMILES string of the molecule is Nc1cc(Cl)ccc1CCN1C(=O)c2cc(I)ccc2N(CCN2CCOCC2)C(=O)[C@H]1c1ccc(Cl)cc1. The number of anilines is 2. The smallest absolute Gasteiger partial charge is 0.256 e. The number of halogens is 3. The van der Waals surface area contributed by atoms with Crippen LogP contribution in [-0.4, -0.2) is 67.6 Å². The number of nitrogens with zero attached hydrogens (tertiary/aromatic N) is 3. The minimum atomic E-state index is -0.821. The first kappa shape index (κ1) is 28.2. The number of hydrogen-bond acceptors (Lipinski definition) is 5. The van der Waals surface area contributed by atoms with Gasteiger partial charge in [0.2, 0.25) is 0 Å². The first-order valence-corrected chi connectivity index (χ1v) is 14.7. The van der Waals surface area contributed by atoms with Crippen LogP contribution < -0.4 is 10.6 Å². The number of ether oxygens (including phenoxy) is 1. The normalized spacial score (nSPS) is 18.3. The topological polar surface area (TPSA) is 79.1 Å². The molecule has 3 aromatic rings. The highest BCUT2D eigenvalue weighted by Gasteiger charge is 2.40. The summed E-state index contributed by atoms with van der Waals surface area (Å²) in [6.45, 7) is 4.43. The molecular formula is C29H29Cl2IN4O3. The van der Waals surface area contributed by atoms with Crippen LogP contribution in [0.3, 0.4) is 0 Å². The molecule has 7 nitrogen and oxygen atoms in total. The van der Waals surface area contributed by atoms with Gasteiger partial charge < -0.3 is 20.3 Å². The van der Waals surface area contributed by atoms with Crippen molar-refractivity contribution in [3.05, 3.63) is 91.0 Å². The molecular weight excluding hydrogens is 650 g/mol. The Hall–Kier alpha value is -2.37. The van der Waals surface area contributed by atoms with Gasteiger partial charge in [0.25, 0.3) is 11.8 Å². The van der Waals surface area contributed by atoms with Gasteiger partial charge in [-0.1, -0.05) is 41.4 Å². The highest BCUT2D eigenvalue weighted by atomic mass is 127. The minimum Gasteiger partial charge on any atom is -0.398 e. The molecule has 1 saturated heterocycles. The average molecular weight is 679 g/mol. The summed E-state index contributed by atoms with van der Waals surface area (Å²) in [5.41, 5.74) is 9.50. The molecule has 0 aromatic heterocycles. The van der Waals surface area contributed by atoms with Crippen molar-refractivity contribution in [3.63, 3.8) is 0 Å². The minimum absolute atomic E-state index is 0.150. The number of nitrogens with two attached hydrogens (primary N) is 1. The van der Waals surface area contributed by atoms with Gasteiger partial charge >= 0.3 is 0 Å². The lowest BCUT2D eigenvalue weighted by Crippen LogP contribution is -2.46. The molecule has 204 valence electrons. The second-order valence-electron chi connectivity index (χ2n) is 9.65. The summed E-state index contributed by atoms with van der Waals surface area (Å²) in [7, 11) is 0. The van der Waals surface area contributed by atoms with Crippen molar-refractivity contribution in [3.8, 4) is 0 Å². The Morgan fingerprint density at radius 1 is 0.897 bits per heavy atom. The van der Waals surface area contributed by atoms with Crippen LogP contribution in [0.15, 0.2) is 60.7 Å². The van der Waals surface area contributed by atoms with Crippen molar-refractivity contribution >= 4 is 69.0 Å². The standard InChI is InChI=1S/C29H29Cl2IN4O3/c30-21-4-2-20(3-5-21)27-29(38)35(12-11-34-13-15-39-16-14-34)26-8-7-23(32)18-24(26)28(37)36(27)10-9-19-1-6-22(31)17-25(19)33/h1-8,17-18,27H,9-16,33H2/t27-/m1/s1. The van der Waals surface area contributed by atoms with Crippen molar-refractivity contribution < 1.29 is 14.3 Å². The molecule has 0 saturated carbocycles. The van der Waals surface area contributed by atoms with Gasteiger partial charge in [-0.3, -0.25) is 14.5 Å². The van der Waals surface area contributed by atoms with Gasteiger partial charge in [0.1, 0.15) is 6.04 Å². The number of carbonyl (C=O) groups excluding carboxylic acids is 2. The fourth-order valence-corrected chi connectivity index (χ4v) is 5.91. The monoisotopic (exact) mass is 678 g/mol. The Morgan fingerprint density at radius 3 is 2.33 bits per heavy atom. The molecule has 0 spiro atoms.